The number of fused-ring (bicyclic) bond motifs is 2. The number of rotatable bonds is 2. The molecule has 0 aliphatic carbocycles. The molecule has 5 rings (SSSR count). The number of hydrogen-bond donors (Lipinski definition) is 0. The Bertz CT molecular complexity index is 821. The van der Waals surface area contributed by atoms with Crippen LogP contribution in [0.15, 0.2) is 6.20 Å². The van der Waals surface area contributed by atoms with Crippen LogP contribution in [0.25, 0.3) is 4.96 Å². The zero-order valence-corrected chi connectivity index (χ0v) is 14.0. The standard InChI is InChI=1S/C15H19N7S/c1-10-9-22-14(16-10)23-15(19-22)20-7-4-11(5-8-20)13-18-17-12-3-2-6-21(12)13/h9,11H,2-8H2,1H3. The Morgan fingerprint density at radius 1 is 1.17 bits per heavy atom. The van der Waals surface area contributed by atoms with Crippen molar-refractivity contribution < 1.29 is 0 Å². The summed E-state index contributed by atoms with van der Waals surface area (Å²) < 4.78 is 4.24. The maximum absolute atomic E-state index is 4.67. The summed E-state index contributed by atoms with van der Waals surface area (Å²) in [6, 6.07) is 0. The predicted molar refractivity (Wildman–Crippen MR) is 88.1 cm³/mol. The molecular weight excluding hydrogens is 310 g/mol. The van der Waals surface area contributed by atoms with E-state index in [1.807, 2.05) is 17.6 Å². The molecule has 8 heteroatoms. The molecule has 5 heterocycles. The molecule has 0 N–H and O–H groups in total. The molecule has 1 fully saturated rings. The first-order chi connectivity index (χ1) is 11.3. The number of hydrogen-bond acceptors (Lipinski definition) is 6. The van der Waals surface area contributed by atoms with Gasteiger partial charge in [-0.15, -0.1) is 15.3 Å². The highest BCUT2D eigenvalue weighted by molar-refractivity contribution is 7.20. The van der Waals surface area contributed by atoms with Crippen LogP contribution in [0.1, 0.15) is 42.5 Å². The van der Waals surface area contributed by atoms with Crippen LogP contribution in [-0.4, -0.2) is 42.5 Å². The average molecular weight is 329 g/mol. The van der Waals surface area contributed by atoms with Gasteiger partial charge >= 0.3 is 0 Å². The summed E-state index contributed by atoms with van der Waals surface area (Å²) >= 11 is 1.68. The van der Waals surface area contributed by atoms with E-state index >= 15 is 0 Å². The molecule has 1 saturated heterocycles. The van der Waals surface area contributed by atoms with Crippen molar-refractivity contribution >= 4 is 21.4 Å². The van der Waals surface area contributed by atoms with Crippen LogP contribution in [0.4, 0.5) is 5.13 Å². The van der Waals surface area contributed by atoms with E-state index in [0.717, 1.165) is 54.7 Å². The number of nitrogens with zero attached hydrogens (tertiary/aromatic N) is 7. The molecule has 0 radical (unpaired) electrons. The number of piperidine rings is 1. The third-order valence-electron chi connectivity index (χ3n) is 4.92. The van der Waals surface area contributed by atoms with Crippen LogP contribution in [0.2, 0.25) is 0 Å². The first kappa shape index (κ1) is 13.5. The molecule has 120 valence electrons. The van der Waals surface area contributed by atoms with Crippen molar-refractivity contribution in [3.63, 3.8) is 0 Å². The number of imidazole rings is 1. The van der Waals surface area contributed by atoms with Gasteiger partial charge in [0.2, 0.25) is 10.1 Å². The highest BCUT2D eigenvalue weighted by Gasteiger charge is 2.28. The zero-order valence-electron chi connectivity index (χ0n) is 13.1. The number of anilines is 1. The minimum atomic E-state index is 0.539. The van der Waals surface area contributed by atoms with Crippen molar-refractivity contribution in [2.45, 2.75) is 45.1 Å². The molecule has 0 atom stereocenters. The molecule has 0 bridgehead atoms. The van der Waals surface area contributed by atoms with Crippen molar-refractivity contribution in [1.29, 1.82) is 0 Å². The SMILES string of the molecule is Cc1cn2nc(N3CCC(c4nnc5n4CCC5)CC3)sc2n1. The average Bonchev–Trinajstić information content (AvgIpc) is 3.26. The second kappa shape index (κ2) is 5.02. The van der Waals surface area contributed by atoms with Gasteiger partial charge in [-0.25, -0.2) is 9.50 Å². The fourth-order valence-corrected chi connectivity index (χ4v) is 4.71. The van der Waals surface area contributed by atoms with E-state index in [0.29, 0.717) is 5.92 Å². The lowest BCUT2D eigenvalue weighted by atomic mass is 9.96. The molecular formula is C15H19N7S. The summed E-state index contributed by atoms with van der Waals surface area (Å²) in [6.07, 6.45) is 6.54. The molecule has 0 saturated carbocycles. The molecule has 7 nitrogen and oxygen atoms in total. The van der Waals surface area contributed by atoms with Crippen molar-refractivity contribution in [2.24, 2.45) is 0 Å². The Kier molecular flexibility index (Phi) is 2.94. The van der Waals surface area contributed by atoms with Gasteiger partial charge in [-0.1, -0.05) is 11.3 Å². The predicted octanol–water partition coefficient (Wildman–Crippen LogP) is 2.02. The van der Waals surface area contributed by atoms with Crippen molar-refractivity contribution in [3.8, 4) is 0 Å². The number of aromatic nitrogens is 6. The van der Waals surface area contributed by atoms with Crippen LogP contribution in [0.3, 0.4) is 0 Å². The van der Waals surface area contributed by atoms with Gasteiger partial charge in [0.05, 0.1) is 11.9 Å². The first-order valence-corrected chi connectivity index (χ1v) is 9.09. The van der Waals surface area contributed by atoms with Crippen LogP contribution < -0.4 is 4.90 Å². The van der Waals surface area contributed by atoms with Crippen LogP contribution in [0.5, 0.6) is 0 Å². The molecule has 0 spiro atoms. The van der Waals surface area contributed by atoms with Gasteiger partial charge in [-0.3, -0.25) is 0 Å². The lowest BCUT2D eigenvalue weighted by Crippen LogP contribution is -2.33. The lowest BCUT2D eigenvalue weighted by molar-refractivity contribution is 0.466. The van der Waals surface area contributed by atoms with Crippen LogP contribution in [-0.2, 0) is 13.0 Å². The molecule has 0 aromatic carbocycles. The minimum Gasteiger partial charge on any atom is -0.347 e. The Hall–Kier alpha value is -1.96. The largest absolute Gasteiger partial charge is 0.347 e. The third-order valence-corrected chi connectivity index (χ3v) is 5.91. The van der Waals surface area contributed by atoms with Gasteiger partial charge < -0.3 is 9.47 Å². The van der Waals surface area contributed by atoms with Gasteiger partial charge in [0, 0.05) is 32.0 Å². The van der Waals surface area contributed by atoms with Gasteiger partial charge in [0.25, 0.3) is 0 Å². The quantitative estimate of drug-likeness (QED) is 0.720. The Morgan fingerprint density at radius 2 is 2.04 bits per heavy atom. The molecule has 0 amide bonds. The second-order valence-electron chi connectivity index (χ2n) is 6.49. The Balaban J connectivity index is 1.32. The monoisotopic (exact) mass is 329 g/mol. The Morgan fingerprint density at radius 3 is 2.87 bits per heavy atom. The van der Waals surface area contributed by atoms with Gasteiger partial charge in [-0.2, -0.15) is 0 Å². The fraction of sp³-hybridized carbons (Fsp3) is 0.600. The summed E-state index contributed by atoms with van der Waals surface area (Å²) in [4.78, 5) is 7.86. The van der Waals surface area contributed by atoms with Crippen molar-refractivity contribution in [2.75, 3.05) is 18.0 Å². The summed E-state index contributed by atoms with van der Waals surface area (Å²) in [5, 5.41) is 14.6. The van der Waals surface area contributed by atoms with Crippen LogP contribution in [0, 0.1) is 6.92 Å². The topological polar surface area (TPSA) is 64.1 Å². The first-order valence-electron chi connectivity index (χ1n) is 8.27. The summed E-state index contributed by atoms with van der Waals surface area (Å²) in [6.45, 7) is 5.16. The number of aryl methyl sites for hydroxylation is 2. The zero-order chi connectivity index (χ0) is 15.4. The highest BCUT2D eigenvalue weighted by Crippen LogP contribution is 2.32. The fourth-order valence-electron chi connectivity index (χ4n) is 3.73. The molecule has 3 aromatic heterocycles. The van der Waals surface area contributed by atoms with E-state index in [9.17, 15) is 0 Å². The molecule has 2 aliphatic heterocycles. The van der Waals surface area contributed by atoms with E-state index in [1.54, 1.807) is 11.3 Å². The van der Waals surface area contributed by atoms with E-state index in [4.69, 9.17) is 0 Å². The van der Waals surface area contributed by atoms with Crippen LogP contribution >= 0.6 is 11.3 Å². The molecule has 3 aromatic rings. The molecule has 0 unspecified atom stereocenters. The second-order valence-corrected chi connectivity index (χ2v) is 7.42. The minimum absolute atomic E-state index is 0.539. The van der Waals surface area contributed by atoms with E-state index < -0.39 is 0 Å². The molecule has 2 aliphatic rings. The highest BCUT2D eigenvalue weighted by atomic mass is 32.1. The van der Waals surface area contributed by atoms with Gasteiger partial charge in [-0.05, 0) is 26.2 Å². The van der Waals surface area contributed by atoms with Gasteiger partial charge in [0.15, 0.2) is 0 Å². The van der Waals surface area contributed by atoms with E-state index in [-0.39, 0.29) is 0 Å². The summed E-state index contributed by atoms with van der Waals surface area (Å²) in [5.74, 6) is 2.93. The summed E-state index contributed by atoms with van der Waals surface area (Å²) in [5.41, 5.74) is 1.02. The normalized spacial score (nSPS) is 18.9. The lowest BCUT2D eigenvalue weighted by Gasteiger charge is -2.30. The smallest absolute Gasteiger partial charge is 0.214 e. The summed E-state index contributed by atoms with van der Waals surface area (Å²) in [7, 11) is 0. The van der Waals surface area contributed by atoms with E-state index in [2.05, 4.69) is 29.7 Å². The maximum atomic E-state index is 4.67. The Labute approximate surface area is 138 Å². The third kappa shape index (κ3) is 2.15. The van der Waals surface area contributed by atoms with Gasteiger partial charge in [0.1, 0.15) is 11.6 Å². The van der Waals surface area contributed by atoms with Crippen molar-refractivity contribution in [3.05, 3.63) is 23.5 Å². The van der Waals surface area contributed by atoms with Crippen molar-refractivity contribution in [1.82, 2.24) is 29.4 Å². The van der Waals surface area contributed by atoms with E-state index in [1.165, 1.54) is 18.1 Å². The maximum Gasteiger partial charge on any atom is 0.214 e. The molecule has 23 heavy (non-hydrogen) atoms.